The molecule has 0 atom stereocenters. The second-order valence-corrected chi connectivity index (χ2v) is 27.1. The molecule has 2 aliphatic heterocycles. The highest BCUT2D eigenvalue weighted by molar-refractivity contribution is 7.26. The maximum atomic E-state index is 2.70. The number of hydrogen-bond donors (Lipinski definition) is 0. The number of aryl methyl sites for hydroxylation is 1. The fourth-order valence-electron chi connectivity index (χ4n) is 13.6. The molecule has 370 valence electrons. The van der Waals surface area contributed by atoms with E-state index in [-0.39, 0.29) is 33.8 Å². The predicted molar refractivity (Wildman–Crippen MR) is 322 cm³/mol. The summed E-state index contributed by atoms with van der Waals surface area (Å²) in [5.74, 6) is 0. The Labute approximate surface area is 445 Å². The van der Waals surface area contributed by atoms with Crippen LogP contribution in [0.3, 0.4) is 0 Å². The molecule has 9 aromatic rings. The number of para-hydroxylation sites is 1. The van der Waals surface area contributed by atoms with Crippen molar-refractivity contribution >= 4 is 106 Å². The molecule has 1 aromatic heterocycles. The first-order valence-corrected chi connectivity index (χ1v) is 28.1. The van der Waals surface area contributed by atoms with E-state index in [0.29, 0.717) is 0 Å². The molecule has 0 spiro atoms. The van der Waals surface area contributed by atoms with Crippen LogP contribution in [0, 0.1) is 6.92 Å². The number of benzene rings is 8. The lowest BCUT2D eigenvalue weighted by molar-refractivity contribution is 0.332. The van der Waals surface area contributed by atoms with E-state index in [1.807, 2.05) is 11.3 Å². The summed E-state index contributed by atoms with van der Waals surface area (Å²) < 4.78 is 2.62. The Morgan fingerprint density at radius 1 is 0.459 bits per heavy atom. The summed E-state index contributed by atoms with van der Waals surface area (Å²) in [7, 11) is 0. The molecular weight excluding hydrogens is 914 g/mol. The summed E-state index contributed by atoms with van der Waals surface area (Å²) in [6.45, 7) is 29.0. The molecule has 0 saturated heterocycles. The van der Waals surface area contributed by atoms with Crippen LogP contribution in [0.1, 0.15) is 135 Å². The van der Waals surface area contributed by atoms with Crippen LogP contribution in [0.15, 0.2) is 158 Å². The third-order valence-corrected chi connectivity index (χ3v) is 19.4. The highest BCUT2D eigenvalue weighted by atomic mass is 32.1. The lowest BCUT2D eigenvalue weighted by atomic mass is 9.33. The van der Waals surface area contributed by atoms with E-state index in [2.05, 4.69) is 256 Å². The zero-order valence-electron chi connectivity index (χ0n) is 45.7. The van der Waals surface area contributed by atoms with Gasteiger partial charge in [0.05, 0.1) is 10.4 Å². The summed E-state index contributed by atoms with van der Waals surface area (Å²) in [5, 5.41) is 2.62. The molecule has 13 rings (SSSR count). The Balaban J connectivity index is 1.13. The van der Waals surface area contributed by atoms with Gasteiger partial charge in [-0.05, 0) is 188 Å². The molecule has 0 N–H and O–H groups in total. The van der Waals surface area contributed by atoms with Crippen LogP contribution < -0.4 is 31.1 Å². The van der Waals surface area contributed by atoms with Gasteiger partial charge >= 0.3 is 0 Å². The number of thiophene rings is 1. The van der Waals surface area contributed by atoms with Gasteiger partial charge in [0.1, 0.15) is 0 Å². The van der Waals surface area contributed by atoms with Gasteiger partial charge in [0, 0.05) is 61.0 Å². The summed E-state index contributed by atoms with van der Waals surface area (Å²) >= 11 is 1.92. The number of hydrogen-bond acceptors (Lipinski definition) is 4. The minimum absolute atomic E-state index is 0.0101. The molecule has 0 fully saturated rings. The van der Waals surface area contributed by atoms with Gasteiger partial charge in [-0.1, -0.05) is 155 Å². The minimum atomic E-state index is -0.0101. The molecule has 0 saturated carbocycles. The molecule has 4 aliphatic rings. The molecule has 0 amide bonds. The van der Waals surface area contributed by atoms with Crippen molar-refractivity contribution in [3.8, 4) is 0 Å². The van der Waals surface area contributed by atoms with Crippen LogP contribution in [0.25, 0.3) is 20.2 Å². The van der Waals surface area contributed by atoms with Gasteiger partial charge in [0.2, 0.25) is 0 Å². The van der Waals surface area contributed by atoms with E-state index >= 15 is 0 Å². The zero-order valence-corrected chi connectivity index (χ0v) is 46.5. The highest BCUT2D eigenvalue weighted by Gasteiger charge is 2.47. The standard InChI is InChI=1S/C69H70BN3S/c1-43-37-60-63-61(38-43)73(57-23-18-22-50-49-21-16-17-24-62(49)74-64(50)57)58-40-48(71(45-19-14-13-15-20-45)46-27-25-44(26-28-46)65(2,3)4)30-32-55(58)70(63)56-41-53-54(69(11,12)36-35-68(53,9)10)42-59(56)72(60)47-29-31-51-52(39-47)67(7,8)34-33-66(51,5)6/h13-32,37-42H,33-36H2,1-12H3. The summed E-state index contributed by atoms with van der Waals surface area (Å²) in [5.41, 5.74) is 23.9. The highest BCUT2D eigenvalue weighted by Crippen LogP contribution is 2.54. The van der Waals surface area contributed by atoms with E-state index in [1.165, 1.54) is 117 Å². The van der Waals surface area contributed by atoms with Gasteiger partial charge in [-0.25, -0.2) is 0 Å². The van der Waals surface area contributed by atoms with E-state index in [1.54, 1.807) is 0 Å². The first-order valence-electron chi connectivity index (χ1n) is 27.3. The van der Waals surface area contributed by atoms with E-state index in [4.69, 9.17) is 0 Å². The van der Waals surface area contributed by atoms with Crippen molar-refractivity contribution in [2.24, 2.45) is 0 Å². The number of fused-ring (bicyclic) bond motifs is 9. The Hall–Kier alpha value is -6.56. The van der Waals surface area contributed by atoms with Crippen molar-refractivity contribution in [2.45, 2.75) is 136 Å². The average Bonchev–Trinajstić information content (AvgIpc) is 3.77. The fraction of sp³-hybridized carbons (Fsp3) is 0.304. The van der Waals surface area contributed by atoms with Crippen molar-refractivity contribution in [2.75, 3.05) is 14.7 Å². The van der Waals surface area contributed by atoms with E-state index in [0.717, 1.165) is 29.9 Å². The SMILES string of the molecule is Cc1cc2c3c(c1)N(c1cccc4c1sc1ccccc14)c1cc(N(c4ccccc4)c4ccc(C(C)(C)C)cc4)ccc1B3c1cc3c(cc1N2c1ccc2c(c1)C(C)(C)CCC2(C)C)C(C)(C)CCC3(C)C. The maximum Gasteiger partial charge on any atom is 0.252 e. The number of anilines is 9. The quantitative estimate of drug-likeness (QED) is 0.159. The minimum Gasteiger partial charge on any atom is -0.311 e. The van der Waals surface area contributed by atoms with E-state index in [9.17, 15) is 0 Å². The van der Waals surface area contributed by atoms with Crippen molar-refractivity contribution in [1.82, 2.24) is 0 Å². The fourth-order valence-corrected chi connectivity index (χ4v) is 14.8. The van der Waals surface area contributed by atoms with Crippen molar-refractivity contribution < 1.29 is 0 Å². The molecule has 0 unspecified atom stereocenters. The number of rotatable bonds is 5. The average molecular weight is 984 g/mol. The second kappa shape index (κ2) is 16.2. The van der Waals surface area contributed by atoms with Gasteiger partial charge in [-0.15, -0.1) is 11.3 Å². The van der Waals surface area contributed by atoms with Gasteiger partial charge < -0.3 is 14.7 Å². The maximum absolute atomic E-state index is 2.70. The van der Waals surface area contributed by atoms with Crippen LogP contribution in [0.4, 0.5) is 51.2 Å². The van der Waals surface area contributed by atoms with E-state index < -0.39 is 0 Å². The smallest absolute Gasteiger partial charge is 0.252 e. The lowest BCUT2D eigenvalue weighted by Gasteiger charge is -2.48. The third-order valence-electron chi connectivity index (χ3n) is 18.2. The Morgan fingerprint density at radius 2 is 1.03 bits per heavy atom. The molecule has 3 nitrogen and oxygen atoms in total. The summed E-state index contributed by atoms with van der Waals surface area (Å²) in [6, 6.07) is 61.5. The van der Waals surface area contributed by atoms with Crippen LogP contribution in [-0.4, -0.2) is 6.71 Å². The lowest BCUT2D eigenvalue weighted by Crippen LogP contribution is -2.62. The van der Waals surface area contributed by atoms with Gasteiger partial charge in [0.15, 0.2) is 0 Å². The summed E-state index contributed by atoms with van der Waals surface area (Å²) in [6.07, 6.45) is 4.69. The molecule has 74 heavy (non-hydrogen) atoms. The van der Waals surface area contributed by atoms with Crippen LogP contribution in [-0.2, 0) is 27.1 Å². The third kappa shape index (κ3) is 7.19. The molecular formula is C69H70BN3S. The van der Waals surface area contributed by atoms with Crippen molar-refractivity contribution in [1.29, 1.82) is 0 Å². The Kier molecular flexibility index (Phi) is 10.3. The van der Waals surface area contributed by atoms with Gasteiger partial charge in [-0.2, -0.15) is 0 Å². The molecule has 0 bridgehead atoms. The Bertz CT molecular complexity index is 3760. The molecule has 5 heteroatoms. The topological polar surface area (TPSA) is 9.72 Å². The first kappa shape index (κ1) is 47.2. The molecule has 0 radical (unpaired) electrons. The van der Waals surface area contributed by atoms with Crippen LogP contribution in [0.2, 0.25) is 0 Å². The molecule has 2 aliphatic carbocycles. The van der Waals surface area contributed by atoms with Crippen LogP contribution >= 0.6 is 11.3 Å². The zero-order chi connectivity index (χ0) is 51.4. The molecule has 3 heterocycles. The second-order valence-electron chi connectivity index (χ2n) is 26.0. The van der Waals surface area contributed by atoms with Crippen molar-refractivity contribution in [3.05, 3.63) is 191 Å². The number of nitrogens with zero attached hydrogens (tertiary/aromatic N) is 3. The van der Waals surface area contributed by atoms with Crippen LogP contribution in [0.5, 0.6) is 0 Å². The monoisotopic (exact) mass is 984 g/mol. The Morgan fingerprint density at radius 3 is 1.72 bits per heavy atom. The molecule has 8 aromatic carbocycles. The normalized spacial score (nSPS) is 17.6. The van der Waals surface area contributed by atoms with Crippen molar-refractivity contribution in [3.63, 3.8) is 0 Å². The summed E-state index contributed by atoms with van der Waals surface area (Å²) in [4.78, 5) is 7.82. The largest absolute Gasteiger partial charge is 0.311 e. The van der Waals surface area contributed by atoms with Gasteiger partial charge in [-0.3, -0.25) is 0 Å². The first-order chi connectivity index (χ1) is 35.2. The predicted octanol–water partition coefficient (Wildman–Crippen LogP) is 17.9. The van der Waals surface area contributed by atoms with Gasteiger partial charge in [0.25, 0.3) is 6.71 Å².